The topological polar surface area (TPSA) is 106 Å². The van der Waals surface area contributed by atoms with Gasteiger partial charge in [-0.15, -0.1) is 11.3 Å². The SMILES string of the molecule is Cc1cc(-c2nc(C(F)(F)F)cs2)c(-c2cc(C(=O)NN)cnc2OCC2CCN(C)CC2)cn1. The standard InChI is InChI=1S/C23H25F3N6O2S/c1-13-7-17(22-30-19(12-35-22)23(24,25)26)18(10-28-13)16-8-15(20(33)31-27)9-29-21(16)34-11-14-3-5-32(2)6-4-14/h7-10,12,14H,3-6,11,27H2,1-2H3,(H,31,33). The fourth-order valence-corrected chi connectivity index (χ4v) is 4.73. The van der Waals surface area contributed by atoms with Crippen LogP contribution in [-0.2, 0) is 6.18 Å². The molecular weight excluding hydrogens is 481 g/mol. The summed E-state index contributed by atoms with van der Waals surface area (Å²) in [6.07, 6.45) is 0.289. The molecule has 0 atom stereocenters. The molecule has 1 amide bonds. The number of aromatic nitrogens is 3. The lowest BCUT2D eigenvalue weighted by atomic mass is 9.98. The van der Waals surface area contributed by atoms with Gasteiger partial charge in [0.15, 0.2) is 5.69 Å². The van der Waals surface area contributed by atoms with Gasteiger partial charge >= 0.3 is 6.18 Å². The summed E-state index contributed by atoms with van der Waals surface area (Å²) in [4.78, 5) is 26.9. The number of carbonyl (C=O) groups excluding carboxylic acids is 1. The van der Waals surface area contributed by atoms with E-state index < -0.39 is 17.8 Å². The third-order valence-electron chi connectivity index (χ3n) is 5.89. The lowest BCUT2D eigenvalue weighted by Gasteiger charge is -2.28. The molecule has 186 valence electrons. The first-order valence-corrected chi connectivity index (χ1v) is 11.9. The van der Waals surface area contributed by atoms with Crippen LogP contribution in [-0.4, -0.2) is 52.5 Å². The molecule has 3 aromatic rings. The Morgan fingerprint density at radius 3 is 2.60 bits per heavy atom. The van der Waals surface area contributed by atoms with E-state index in [1.807, 2.05) is 0 Å². The van der Waals surface area contributed by atoms with Crippen LogP contribution < -0.4 is 16.0 Å². The van der Waals surface area contributed by atoms with E-state index in [-0.39, 0.29) is 16.5 Å². The van der Waals surface area contributed by atoms with E-state index in [9.17, 15) is 18.0 Å². The Morgan fingerprint density at radius 1 is 1.20 bits per heavy atom. The van der Waals surface area contributed by atoms with Crippen molar-refractivity contribution in [2.24, 2.45) is 11.8 Å². The summed E-state index contributed by atoms with van der Waals surface area (Å²) in [5.41, 5.74) is 3.19. The average Bonchev–Trinajstić information content (AvgIpc) is 3.34. The maximum Gasteiger partial charge on any atom is 0.434 e. The number of piperidine rings is 1. The van der Waals surface area contributed by atoms with Crippen LogP contribution in [0.15, 0.2) is 29.9 Å². The summed E-state index contributed by atoms with van der Waals surface area (Å²) in [5, 5.41) is 1.15. The number of nitrogens with two attached hydrogens (primary N) is 1. The number of nitrogens with zero attached hydrogens (tertiary/aromatic N) is 4. The van der Waals surface area contributed by atoms with Gasteiger partial charge in [0.05, 0.1) is 12.2 Å². The summed E-state index contributed by atoms with van der Waals surface area (Å²) in [7, 11) is 2.08. The molecule has 3 N–H and O–H groups in total. The smallest absolute Gasteiger partial charge is 0.434 e. The number of thiazole rings is 1. The molecule has 1 aliphatic heterocycles. The fraction of sp³-hybridized carbons (Fsp3) is 0.391. The van der Waals surface area contributed by atoms with E-state index in [4.69, 9.17) is 10.6 Å². The molecule has 0 aromatic carbocycles. The number of hydrazine groups is 1. The van der Waals surface area contributed by atoms with Crippen LogP contribution in [0.5, 0.6) is 5.88 Å². The van der Waals surface area contributed by atoms with E-state index >= 15 is 0 Å². The van der Waals surface area contributed by atoms with Gasteiger partial charge in [-0.1, -0.05) is 0 Å². The maximum absolute atomic E-state index is 13.2. The van der Waals surface area contributed by atoms with Crippen molar-refractivity contribution in [2.45, 2.75) is 25.9 Å². The summed E-state index contributed by atoms with van der Waals surface area (Å²) < 4.78 is 45.7. The number of amides is 1. The molecule has 1 saturated heterocycles. The highest BCUT2D eigenvalue weighted by Gasteiger charge is 2.34. The van der Waals surface area contributed by atoms with Crippen molar-refractivity contribution in [2.75, 3.05) is 26.7 Å². The molecule has 0 radical (unpaired) electrons. The third-order valence-corrected chi connectivity index (χ3v) is 6.77. The highest BCUT2D eigenvalue weighted by molar-refractivity contribution is 7.13. The highest BCUT2D eigenvalue weighted by Crippen LogP contribution is 2.40. The number of ether oxygens (including phenoxy) is 1. The molecule has 8 nitrogen and oxygen atoms in total. The van der Waals surface area contributed by atoms with Gasteiger partial charge in [0.25, 0.3) is 5.91 Å². The molecule has 1 aliphatic rings. The van der Waals surface area contributed by atoms with E-state index in [0.29, 0.717) is 34.9 Å². The van der Waals surface area contributed by atoms with Gasteiger partial charge in [0.1, 0.15) is 5.01 Å². The second kappa shape index (κ2) is 10.3. The first kappa shape index (κ1) is 25.0. The third kappa shape index (κ3) is 5.77. The van der Waals surface area contributed by atoms with Gasteiger partial charge in [-0.3, -0.25) is 15.2 Å². The Hall–Kier alpha value is -3.09. The molecule has 4 rings (SSSR count). The zero-order chi connectivity index (χ0) is 25.2. The van der Waals surface area contributed by atoms with E-state index in [1.54, 1.807) is 19.1 Å². The number of hydrogen-bond donors (Lipinski definition) is 2. The lowest BCUT2D eigenvalue weighted by Crippen LogP contribution is -2.32. The van der Waals surface area contributed by atoms with Crippen LogP contribution in [0.4, 0.5) is 13.2 Å². The second-order valence-electron chi connectivity index (χ2n) is 8.51. The zero-order valence-corrected chi connectivity index (χ0v) is 20.0. The first-order valence-electron chi connectivity index (χ1n) is 11.0. The van der Waals surface area contributed by atoms with Gasteiger partial charge in [-0.25, -0.2) is 15.8 Å². The molecule has 3 aromatic heterocycles. The summed E-state index contributed by atoms with van der Waals surface area (Å²) in [6.45, 7) is 4.11. The number of nitrogen functional groups attached to an aromatic ring is 1. The number of likely N-dealkylation sites (tertiary alicyclic amines) is 1. The minimum Gasteiger partial charge on any atom is -0.477 e. The summed E-state index contributed by atoms with van der Waals surface area (Å²) in [6, 6.07) is 3.21. The number of carbonyl (C=O) groups is 1. The van der Waals surface area contributed by atoms with Gasteiger partial charge < -0.3 is 9.64 Å². The first-order chi connectivity index (χ1) is 16.7. The average molecular weight is 507 g/mol. The molecule has 0 saturated carbocycles. The molecule has 0 bridgehead atoms. The highest BCUT2D eigenvalue weighted by atomic mass is 32.1. The van der Waals surface area contributed by atoms with Crippen molar-refractivity contribution in [3.63, 3.8) is 0 Å². The van der Waals surface area contributed by atoms with Gasteiger partial charge in [0.2, 0.25) is 5.88 Å². The van der Waals surface area contributed by atoms with Crippen LogP contribution in [0.25, 0.3) is 21.7 Å². The van der Waals surface area contributed by atoms with Crippen LogP contribution in [0.1, 0.15) is 34.6 Å². The Bertz CT molecular complexity index is 1210. The summed E-state index contributed by atoms with van der Waals surface area (Å²) in [5.74, 6) is 5.34. The number of aryl methyl sites for hydroxylation is 1. The minimum absolute atomic E-state index is 0.174. The fourth-order valence-electron chi connectivity index (χ4n) is 3.87. The second-order valence-corrected chi connectivity index (χ2v) is 9.37. The monoisotopic (exact) mass is 506 g/mol. The largest absolute Gasteiger partial charge is 0.477 e. The number of hydrogen-bond acceptors (Lipinski definition) is 8. The van der Waals surface area contributed by atoms with Gasteiger partial charge in [-0.2, -0.15) is 13.2 Å². The lowest BCUT2D eigenvalue weighted by molar-refractivity contribution is -0.140. The number of pyridine rings is 2. The van der Waals surface area contributed by atoms with Crippen molar-refractivity contribution < 1.29 is 22.7 Å². The molecule has 0 spiro atoms. The van der Waals surface area contributed by atoms with E-state index in [0.717, 1.165) is 42.6 Å². The zero-order valence-electron chi connectivity index (χ0n) is 19.2. The molecule has 35 heavy (non-hydrogen) atoms. The van der Waals surface area contributed by atoms with Crippen molar-refractivity contribution in [1.82, 2.24) is 25.3 Å². The molecular formula is C23H25F3N6O2S. The predicted octanol–water partition coefficient (Wildman–Crippen LogP) is 3.92. The Morgan fingerprint density at radius 2 is 1.94 bits per heavy atom. The molecule has 0 unspecified atom stereocenters. The molecule has 0 aliphatic carbocycles. The van der Waals surface area contributed by atoms with Crippen LogP contribution in [0, 0.1) is 12.8 Å². The Labute approximate surface area is 204 Å². The number of nitrogens with one attached hydrogen (secondary N) is 1. The molecule has 4 heterocycles. The molecule has 1 fully saturated rings. The normalized spacial score (nSPS) is 15.3. The Balaban J connectivity index is 1.75. The quantitative estimate of drug-likeness (QED) is 0.297. The van der Waals surface area contributed by atoms with Crippen LogP contribution in [0.3, 0.4) is 0 Å². The maximum atomic E-state index is 13.2. The van der Waals surface area contributed by atoms with Crippen molar-refractivity contribution in [3.05, 3.63) is 46.9 Å². The van der Waals surface area contributed by atoms with Crippen LogP contribution >= 0.6 is 11.3 Å². The van der Waals surface area contributed by atoms with Gasteiger partial charge in [0, 0.05) is 40.2 Å². The van der Waals surface area contributed by atoms with Crippen molar-refractivity contribution >= 4 is 17.2 Å². The van der Waals surface area contributed by atoms with Crippen molar-refractivity contribution in [3.8, 4) is 27.6 Å². The van der Waals surface area contributed by atoms with E-state index in [1.165, 1.54) is 12.4 Å². The van der Waals surface area contributed by atoms with Gasteiger partial charge in [-0.05, 0) is 58.0 Å². The number of rotatable bonds is 6. The number of alkyl halides is 3. The minimum atomic E-state index is -4.56. The molecule has 12 heteroatoms. The van der Waals surface area contributed by atoms with Crippen LogP contribution in [0.2, 0.25) is 0 Å². The Kier molecular flexibility index (Phi) is 7.33. The number of halogens is 3. The summed E-state index contributed by atoms with van der Waals surface area (Å²) >= 11 is 0.880. The van der Waals surface area contributed by atoms with E-state index in [2.05, 4.69) is 32.3 Å². The predicted molar refractivity (Wildman–Crippen MR) is 126 cm³/mol. The van der Waals surface area contributed by atoms with Crippen molar-refractivity contribution in [1.29, 1.82) is 0 Å².